The maximum Gasteiger partial charge on any atom is 0.191 e. The molecular formula is C18H31N3O3S. The highest BCUT2D eigenvalue weighted by molar-refractivity contribution is 7.91. The number of rotatable bonds is 4. The molecule has 1 spiro atoms. The van der Waals surface area contributed by atoms with Crippen LogP contribution in [0.25, 0.3) is 0 Å². The number of hydrogen-bond acceptors (Lipinski definition) is 4. The molecule has 2 heterocycles. The van der Waals surface area contributed by atoms with E-state index in [1.165, 1.54) is 19.3 Å². The highest BCUT2D eigenvalue weighted by Crippen LogP contribution is 2.62. The Morgan fingerprint density at radius 3 is 2.72 bits per heavy atom. The van der Waals surface area contributed by atoms with Gasteiger partial charge in [-0.3, -0.25) is 4.99 Å². The number of hydrogen-bond donors (Lipinski definition) is 2. The Morgan fingerprint density at radius 2 is 2.12 bits per heavy atom. The third-order valence-electron chi connectivity index (χ3n) is 6.59. The molecule has 2 N–H and O–H groups in total. The van der Waals surface area contributed by atoms with Crippen LogP contribution in [-0.4, -0.2) is 57.2 Å². The average molecular weight is 370 g/mol. The lowest BCUT2D eigenvalue weighted by Crippen LogP contribution is -2.72. The number of aliphatic imine (C=N–C) groups is 1. The van der Waals surface area contributed by atoms with E-state index in [1.54, 1.807) is 0 Å². The van der Waals surface area contributed by atoms with Crippen molar-refractivity contribution in [3.63, 3.8) is 0 Å². The van der Waals surface area contributed by atoms with Crippen LogP contribution in [0.2, 0.25) is 0 Å². The molecule has 2 saturated carbocycles. The molecule has 4 atom stereocenters. The van der Waals surface area contributed by atoms with Crippen LogP contribution in [0.3, 0.4) is 0 Å². The van der Waals surface area contributed by atoms with E-state index in [4.69, 9.17) is 9.73 Å². The summed E-state index contributed by atoms with van der Waals surface area (Å²) in [6.45, 7) is 5.70. The van der Waals surface area contributed by atoms with Gasteiger partial charge in [-0.1, -0.05) is 6.42 Å². The fraction of sp³-hybridized carbons (Fsp3) is 0.944. The molecule has 142 valence electrons. The SMILES string of the molecule is CC(C)NC(=NCC1CCS(=O)(=O)C1)NC1C2CCOC2C12CCC2. The molecule has 0 amide bonds. The van der Waals surface area contributed by atoms with Crippen molar-refractivity contribution in [2.24, 2.45) is 22.2 Å². The summed E-state index contributed by atoms with van der Waals surface area (Å²) in [6.07, 6.45) is 6.13. The lowest BCUT2D eigenvalue weighted by molar-refractivity contribution is -0.171. The maximum absolute atomic E-state index is 11.7. The van der Waals surface area contributed by atoms with Crippen LogP contribution in [0.5, 0.6) is 0 Å². The van der Waals surface area contributed by atoms with E-state index in [0.717, 1.165) is 25.4 Å². The quantitative estimate of drug-likeness (QED) is 0.577. The number of fused-ring (bicyclic) bond motifs is 2. The van der Waals surface area contributed by atoms with Crippen molar-refractivity contribution in [2.45, 2.75) is 64.1 Å². The third-order valence-corrected chi connectivity index (χ3v) is 8.43. The molecule has 4 aliphatic rings. The van der Waals surface area contributed by atoms with Crippen molar-refractivity contribution >= 4 is 15.8 Å². The smallest absolute Gasteiger partial charge is 0.191 e. The molecule has 0 aromatic carbocycles. The van der Waals surface area contributed by atoms with E-state index in [2.05, 4.69) is 24.5 Å². The minimum atomic E-state index is -2.83. The number of guanidine groups is 1. The Labute approximate surface area is 151 Å². The molecule has 2 aliphatic heterocycles. The molecule has 0 bridgehead atoms. The Balaban J connectivity index is 1.43. The summed E-state index contributed by atoms with van der Waals surface area (Å²) < 4.78 is 29.3. The predicted octanol–water partition coefficient (Wildman–Crippen LogP) is 1.32. The Hall–Kier alpha value is -0.820. The van der Waals surface area contributed by atoms with Gasteiger partial charge >= 0.3 is 0 Å². The van der Waals surface area contributed by atoms with Crippen molar-refractivity contribution < 1.29 is 13.2 Å². The van der Waals surface area contributed by atoms with Crippen molar-refractivity contribution in [2.75, 3.05) is 24.7 Å². The van der Waals surface area contributed by atoms with E-state index < -0.39 is 9.84 Å². The van der Waals surface area contributed by atoms with Gasteiger partial charge in [-0.15, -0.1) is 0 Å². The van der Waals surface area contributed by atoms with Gasteiger partial charge in [-0.05, 0) is 45.4 Å². The van der Waals surface area contributed by atoms with Crippen molar-refractivity contribution in [3.05, 3.63) is 0 Å². The topological polar surface area (TPSA) is 79.8 Å². The standard InChI is InChI=1S/C18H31N3O3S/c1-12(2)20-17(19-10-13-5-9-25(22,23)11-13)21-15-14-4-8-24-16(14)18(15)6-3-7-18/h12-16H,3-11H2,1-2H3,(H2,19,20,21). The zero-order valence-electron chi connectivity index (χ0n) is 15.3. The first-order valence-electron chi connectivity index (χ1n) is 9.79. The summed E-state index contributed by atoms with van der Waals surface area (Å²) >= 11 is 0. The molecule has 4 fully saturated rings. The molecule has 4 rings (SSSR count). The van der Waals surface area contributed by atoms with Crippen LogP contribution in [0, 0.1) is 17.3 Å². The first-order valence-corrected chi connectivity index (χ1v) is 11.6. The average Bonchev–Trinajstić information content (AvgIpc) is 3.04. The van der Waals surface area contributed by atoms with Gasteiger partial charge < -0.3 is 15.4 Å². The summed E-state index contributed by atoms with van der Waals surface area (Å²) in [4.78, 5) is 4.76. The monoisotopic (exact) mass is 369 g/mol. The molecule has 2 saturated heterocycles. The number of nitrogens with zero attached hydrogens (tertiary/aromatic N) is 1. The molecule has 4 unspecified atom stereocenters. The zero-order valence-corrected chi connectivity index (χ0v) is 16.1. The molecule has 7 heteroatoms. The minimum absolute atomic E-state index is 0.164. The first-order chi connectivity index (χ1) is 11.9. The summed E-state index contributed by atoms with van der Waals surface area (Å²) in [7, 11) is -2.83. The zero-order chi connectivity index (χ0) is 17.7. The summed E-state index contributed by atoms with van der Waals surface area (Å²) in [5, 5.41) is 7.14. The molecule has 6 nitrogen and oxygen atoms in total. The second-order valence-electron chi connectivity index (χ2n) is 8.71. The van der Waals surface area contributed by atoms with Crippen LogP contribution in [-0.2, 0) is 14.6 Å². The van der Waals surface area contributed by atoms with Crippen molar-refractivity contribution in [1.29, 1.82) is 0 Å². The van der Waals surface area contributed by atoms with Crippen LogP contribution < -0.4 is 10.6 Å². The van der Waals surface area contributed by atoms with Gasteiger partial charge in [0, 0.05) is 36.6 Å². The lowest BCUT2D eigenvalue weighted by Gasteiger charge is -2.63. The molecule has 0 aromatic rings. The molecule has 0 aromatic heterocycles. The van der Waals surface area contributed by atoms with E-state index in [0.29, 0.717) is 41.8 Å². The summed E-state index contributed by atoms with van der Waals surface area (Å²) in [5.74, 6) is 2.22. The number of nitrogens with one attached hydrogen (secondary N) is 2. The highest BCUT2D eigenvalue weighted by atomic mass is 32.2. The van der Waals surface area contributed by atoms with E-state index in [9.17, 15) is 8.42 Å². The second-order valence-corrected chi connectivity index (χ2v) is 10.9. The molecule has 2 aliphatic carbocycles. The van der Waals surface area contributed by atoms with E-state index >= 15 is 0 Å². The van der Waals surface area contributed by atoms with Gasteiger partial charge in [0.15, 0.2) is 15.8 Å². The van der Waals surface area contributed by atoms with Gasteiger partial charge in [-0.25, -0.2) is 8.42 Å². The Bertz CT molecular complexity index is 642. The molecule has 0 radical (unpaired) electrons. The van der Waals surface area contributed by atoms with Gasteiger partial charge in [0.25, 0.3) is 0 Å². The normalized spacial score (nSPS) is 38.3. The predicted molar refractivity (Wildman–Crippen MR) is 98.4 cm³/mol. The fourth-order valence-electron chi connectivity index (χ4n) is 5.25. The Morgan fingerprint density at radius 1 is 1.32 bits per heavy atom. The van der Waals surface area contributed by atoms with Crippen molar-refractivity contribution in [3.8, 4) is 0 Å². The Kier molecular flexibility index (Phi) is 4.51. The van der Waals surface area contributed by atoms with Crippen LogP contribution in [0.1, 0.15) is 46.0 Å². The number of ether oxygens (including phenoxy) is 1. The largest absolute Gasteiger partial charge is 0.377 e. The summed E-state index contributed by atoms with van der Waals surface area (Å²) in [5.41, 5.74) is 0.317. The summed E-state index contributed by atoms with van der Waals surface area (Å²) in [6, 6.07) is 0.748. The van der Waals surface area contributed by atoms with E-state index in [1.807, 2.05) is 0 Å². The highest BCUT2D eigenvalue weighted by Gasteiger charge is 2.66. The lowest BCUT2D eigenvalue weighted by atomic mass is 9.46. The van der Waals surface area contributed by atoms with Gasteiger partial charge in [0.2, 0.25) is 0 Å². The van der Waals surface area contributed by atoms with Gasteiger partial charge in [0.1, 0.15) is 0 Å². The van der Waals surface area contributed by atoms with Crippen LogP contribution in [0.15, 0.2) is 4.99 Å². The minimum Gasteiger partial charge on any atom is -0.377 e. The molecule has 25 heavy (non-hydrogen) atoms. The van der Waals surface area contributed by atoms with E-state index in [-0.39, 0.29) is 11.7 Å². The third kappa shape index (κ3) is 3.18. The fourth-order valence-corrected chi connectivity index (χ4v) is 7.10. The van der Waals surface area contributed by atoms with Gasteiger partial charge in [0.05, 0.1) is 17.6 Å². The van der Waals surface area contributed by atoms with Crippen LogP contribution in [0.4, 0.5) is 0 Å². The van der Waals surface area contributed by atoms with Crippen molar-refractivity contribution in [1.82, 2.24) is 10.6 Å². The maximum atomic E-state index is 11.7. The number of sulfone groups is 1. The first kappa shape index (κ1) is 17.6. The molecular weight excluding hydrogens is 338 g/mol. The second kappa shape index (κ2) is 6.41. The van der Waals surface area contributed by atoms with Crippen LogP contribution >= 0.6 is 0 Å². The van der Waals surface area contributed by atoms with Gasteiger partial charge in [-0.2, -0.15) is 0 Å².